The van der Waals surface area contributed by atoms with Gasteiger partial charge in [0.1, 0.15) is 5.92 Å². The molecule has 2 heterocycles. The van der Waals surface area contributed by atoms with Crippen molar-refractivity contribution >= 4 is 11.8 Å². The first-order valence-electron chi connectivity index (χ1n) is 5.10. The van der Waals surface area contributed by atoms with Crippen molar-refractivity contribution in [1.29, 1.82) is 0 Å². The summed E-state index contributed by atoms with van der Waals surface area (Å²) in [5.41, 5.74) is -0.489. The minimum atomic E-state index is -0.662. The Bertz CT molecular complexity index is 283. The fourth-order valence-corrected chi connectivity index (χ4v) is 2.28. The van der Waals surface area contributed by atoms with E-state index in [0.717, 1.165) is 0 Å². The number of hydrogen-bond donors (Lipinski definition) is 1. The van der Waals surface area contributed by atoms with Crippen LogP contribution in [0.1, 0.15) is 6.42 Å². The second kappa shape index (κ2) is 3.90. The Labute approximate surface area is 88.1 Å². The van der Waals surface area contributed by atoms with Crippen molar-refractivity contribution in [2.24, 2.45) is 11.3 Å². The zero-order valence-corrected chi connectivity index (χ0v) is 8.75. The van der Waals surface area contributed by atoms with Crippen LogP contribution in [0.3, 0.4) is 0 Å². The molecule has 15 heavy (non-hydrogen) atoms. The number of ketones is 1. The van der Waals surface area contributed by atoms with Crippen molar-refractivity contribution in [2.45, 2.75) is 6.42 Å². The number of nitrogens with one attached hydrogen (secondary N) is 1. The van der Waals surface area contributed by atoms with Gasteiger partial charge < -0.3 is 14.8 Å². The highest BCUT2D eigenvalue weighted by molar-refractivity contribution is 6.03. The van der Waals surface area contributed by atoms with Crippen molar-refractivity contribution in [2.75, 3.05) is 33.4 Å². The molecule has 0 aliphatic carbocycles. The lowest BCUT2D eigenvalue weighted by Crippen LogP contribution is -2.55. The predicted molar refractivity (Wildman–Crippen MR) is 51.3 cm³/mol. The third-order valence-corrected chi connectivity index (χ3v) is 3.24. The van der Waals surface area contributed by atoms with Crippen LogP contribution in [0.2, 0.25) is 0 Å². The van der Waals surface area contributed by atoms with Crippen molar-refractivity contribution in [3.05, 3.63) is 0 Å². The zero-order chi connectivity index (χ0) is 10.9. The topological polar surface area (TPSA) is 64.6 Å². The van der Waals surface area contributed by atoms with E-state index in [9.17, 15) is 9.59 Å². The molecule has 0 amide bonds. The largest absolute Gasteiger partial charge is 0.468 e. The number of ether oxygens (including phenoxy) is 2. The smallest absolute Gasteiger partial charge is 0.317 e. The highest BCUT2D eigenvalue weighted by Gasteiger charge is 2.49. The maximum atomic E-state index is 12.1. The van der Waals surface area contributed by atoms with Gasteiger partial charge in [-0.05, 0) is 6.42 Å². The second-order valence-electron chi connectivity index (χ2n) is 4.15. The molecule has 2 aliphatic heterocycles. The summed E-state index contributed by atoms with van der Waals surface area (Å²) in [5.74, 6) is -1.13. The number of rotatable bonds is 1. The molecule has 1 spiro atoms. The van der Waals surface area contributed by atoms with Crippen molar-refractivity contribution in [3.63, 3.8) is 0 Å². The van der Waals surface area contributed by atoms with Crippen molar-refractivity contribution in [1.82, 2.24) is 5.32 Å². The molecule has 5 nitrogen and oxygen atoms in total. The highest BCUT2D eigenvalue weighted by Crippen LogP contribution is 2.34. The normalized spacial score (nSPS) is 35.8. The summed E-state index contributed by atoms with van der Waals surface area (Å²) >= 11 is 0. The maximum Gasteiger partial charge on any atom is 0.317 e. The van der Waals surface area contributed by atoms with Gasteiger partial charge in [0.2, 0.25) is 0 Å². The Hall–Kier alpha value is -0.940. The molecule has 0 bridgehead atoms. The fraction of sp³-hybridized carbons (Fsp3) is 0.800. The Morgan fingerprint density at radius 1 is 1.67 bits per heavy atom. The lowest BCUT2D eigenvalue weighted by Gasteiger charge is -2.34. The Morgan fingerprint density at radius 2 is 2.47 bits per heavy atom. The van der Waals surface area contributed by atoms with Gasteiger partial charge in [-0.3, -0.25) is 9.59 Å². The van der Waals surface area contributed by atoms with E-state index in [0.29, 0.717) is 32.7 Å². The lowest BCUT2D eigenvalue weighted by atomic mass is 9.74. The third kappa shape index (κ3) is 1.66. The fourth-order valence-electron chi connectivity index (χ4n) is 2.28. The van der Waals surface area contributed by atoms with Crippen LogP contribution in [0, 0.1) is 11.3 Å². The van der Waals surface area contributed by atoms with Gasteiger partial charge in [0.05, 0.1) is 19.1 Å². The van der Waals surface area contributed by atoms with Gasteiger partial charge in [-0.2, -0.15) is 0 Å². The van der Waals surface area contributed by atoms with Crippen LogP contribution in [0.25, 0.3) is 0 Å². The van der Waals surface area contributed by atoms with Crippen LogP contribution in [0.4, 0.5) is 0 Å². The van der Waals surface area contributed by atoms with Crippen LogP contribution in [-0.4, -0.2) is 45.2 Å². The van der Waals surface area contributed by atoms with E-state index < -0.39 is 17.3 Å². The summed E-state index contributed by atoms with van der Waals surface area (Å²) in [6.07, 6.45) is 0.701. The molecule has 0 saturated carbocycles. The number of methoxy groups -OCH3 is 1. The van der Waals surface area contributed by atoms with Crippen LogP contribution in [0.15, 0.2) is 0 Å². The Morgan fingerprint density at radius 3 is 3.07 bits per heavy atom. The predicted octanol–water partition coefficient (Wildman–Crippen LogP) is -0.645. The van der Waals surface area contributed by atoms with Crippen LogP contribution < -0.4 is 5.32 Å². The average molecular weight is 213 g/mol. The summed E-state index contributed by atoms with van der Waals surface area (Å²) in [5, 5.41) is 3.11. The molecule has 2 saturated heterocycles. The van der Waals surface area contributed by atoms with Crippen LogP contribution in [0.5, 0.6) is 0 Å². The van der Waals surface area contributed by atoms with Gasteiger partial charge in [-0.1, -0.05) is 0 Å². The molecule has 2 aliphatic rings. The summed E-state index contributed by atoms with van der Waals surface area (Å²) < 4.78 is 9.88. The number of esters is 1. The van der Waals surface area contributed by atoms with Gasteiger partial charge in [0.15, 0.2) is 5.78 Å². The third-order valence-electron chi connectivity index (χ3n) is 3.24. The minimum Gasteiger partial charge on any atom is -0.468 e. The molecule has 2 fully saturated rings. The van der Waals surface area contributed by atoms with E-state index in [2.05, 4.69) is 10.1 Å². The van der Waals surface area contributed by atoms with Crippen LogP contribution >= 0.6 is 0 Å². The maximum absolute atomic E-state index is 12.1. The standard InChI is InChI=1S/C10H15NO4/c1-14-9(13)7-4-11-5-10(8(7)12)2-3-15-6-10/h7,11H,2-6H2,1H3. The number of hydrogen-bond acceptors (Lipinski definition) is 5. The van der Waals surface area contributed by atoms with E-state index in [1.807, 2.05) is 0 Å². The first-order valence-corrected chi connectivity index (χ1v) is 5.10. The SMILES string of the molecule is COC(=O)C1CNCC2(CCOC2)C1=O. The minimum absolute atomic E-state index is 0.0226. The van der Waals surface area contributed by atoms with Crippen molar-refractivity contribution in [3.8, 4) is 0 Å². The van der Waals surface area contributed by atoms with Gasteiger partial charge >= 0.3 is 5.97 Å². The van der Waals surface area contributed by atoms with Gasteiger partial charge in [0.25, 0.3) is 0 Å². The Balaban J connectivity index is 2.16. The molecule has 5 heteroatoms. The van der Waals surface area contributed by atoms with Crippen LogP contribution in [-0.2, 0) is 19.1 Å². The van der Waals surface area contributed by atoms with E-state index in [1.165, 1.54) is 7.11 Å². The molecule has 0 aromatic heterocycles. The molecule has 84 valence electrons. The van der Waals surface area contributed by atoms with E-state index >= 15 is 0 Å². The number of carbonyl (C=O) groups is 2. The van der Waals surface area contributed by atoms with E-state index in [4.69, 9.17) is 4.74 Å². The quantitative estimate of drug-likeness (QED) is 0.463. The molecule has 0 aromatic rings. The lowest BCUT2D eigenvalue weighted by molar-refractivity contribution is -0.154. The van der Waals surface area contributed by atoms with E-state index in [-0.39, 0.29) is 5.78 Å². The monoisotopic (exact) mass is 213 g/mol. The van der Waals surface area contributed by atoms with Gasteiger partial charge in [-0.15, -0.1) is 0 Å². The van der Waals surface area contributed by atoms with Gasteiger partial charge in [0, 0.05) is 19.7 Å². The average Bonchev–Trinajstić information content (AvgIpc) is 2.71. The molecule has 0 radical (unpaired) electrons. The summed E-state index contributed by atoms with van der Waals surface area (Å²) in [6, 6.07) is 0. The molecule has 2 atom stereocenters. The number of Topliss-reactive ketones (excluding diaryl/α,β-unsaturated/α-hetero) is 1. The number of carbonyl (C=O) groups excluding carboxylic acids is 2. The first kappa shape index (κ1) is 10.6. The molecule has 2 unspecified atom stereocenters. The molecular weight excluding hydrogens is 198 g/mol. The van der Waals surface area contributed by atoms with Crippen molar-refractivity contribution < 1.29 is 19.1 Å². The summed E-state index contributed by atoms with van der Waals surface area (Å²) in [6.45, 7) is 2.01. The molecular formula is C10H15NO4. The first-order chi connectivity index (χ1) is 7.19. The zero-order valence-electron chi connectivity index (χ0n) is 8.75. The molecule has 0 aromatic carbocycles. The highest BCUT2D eigenvalue weighted by atomic mass is 16.5. The van der Waals surface area contributed by atoms with Gasteiger partial charge in [-0.25, -0.2) is 0 Å². The molecule has 1 N–H and O–H groups in total. The molecule has 2 rings (SSSR count). The van der Waals surface area contributed by atoms with E-state index in [1.54, 1.807) is 0 Å². The summed E-state index contributed by atoms with van der Waals surface area (Å²) in [7, 11) is 1.31. The summed E-state index contributed by atoms with van der Waals surface area (Å²) in [4.78, 5) is 23.5. The second-order valence-corrected chi connectivity index (χ2v) is 4.15. The number of piperidine rings is 1. The Kier molecular flexibility index (Phi) is 2.75.